The van der Waals surface area contributed by atoms with Crippen LogP contribution < -0.4 is 24.2 Å². The SMILES string of the molecule is CC1COc2ccccc2N1C(=O)C(Cl)Cl.CCc1cccc(C)c1N(C(=O)CCl)C(C)COC.COC(=O)CSc1cc(/N=c2\sc(=O)n3n2CCCC3)c(F)cc1Cl.CS(=O)(=O)c1ccc(C(=O)C2C(=O)CCCC2=O)c([N+](=O)[O-])c1. The summed E-state index contributed by atoms with van der Waals surface area (Å²) in [6.07, 6.45) is 4.14. The van der Waals surface area contributed by atoms with Crippen LogP contribution in [0.4, 0.5) is 27.1 Å². The minimum atomic E-state index is -3.70. The number of amides is 2. The summed E-state index contributed by atoms with van der Waals surface area (Å²) in [5.74, 6) is -4.28. The van der Waals surface area contributed by atoms with Gasteiger partial charge in [-0.2, -0.15) is 0 Å². The van der Waals surface area contributed by atoms with E-state index >= 15 is 0 Å². The van der Waals surface area contributed by atoms with Crippen molar-refractivity contribution >= 4 is 137 Å². The number of nitro groups is 1. The van der Waals surface area contributed by atoms with Crippen LogP contribution >= 0.6 is 69.5 Å². The number of hydrogen-bond acceptors (Lipinski definition) is 17. The van der Waals surface area contributed by atoms with Crippen molar-refractivity contribution in [1.29, 1.82) is 0 Å². The molecule has 2 aliphatic heterocycles. The van der Waals surface area contributed by atoms with Crippen molar-refractivity contribution in [2.24, 2.45) is 10.9 Å². The number of alkyl halides is 3. The summed E-state index contributed by atoms with van der Waals surface area (Å²) >= 11 is 25.2. The van der Waals surface area contributed by atoms with E-state index in [1.165, 1.54) is 13.2 Å². The molecule has 28 heteroatoms. The lowest BCUT2D eigenvalue weighted by molar-refractivity contribution is -0.385. The van der Waals surface area contributed by atoms with Crippen LogP contribution in [0.3, 0.4) is 0 Å². The van der Waals surface area contributed by atoms with E-state index in [1.54, 1.807) is 26.3 Å². The molecule has 5 aromatic rings. The van der Waals surface area contributed by atoms with Gasteiger partial charge in [-0.25, -0.2) is 22.5 Å². The number of carbonyl (C=O) groups excluding carboxylic acids is 6. The average Bonchev–Trinajstić information content (AvgIpc) is 4.04. The molecular formula is C55H61Cl4FN6O14S3. The number of carbonyl (C=O) groups is 6. The molecule has 1 aliphatic carbocycles. The van der Waals surface area contributed by atoms with E-state index in [0.717, 1.165) is 95.4 Å². The van der Waals surface area contributed by atoms with Crippen molar-refractivity contribution in [2.45, 2.75) is 106 Å². The molecule has 2 atom stereocenters. The quantitative estimate of drug-likeness (QED) is 0.0180. The first-order chi connectivity index (χ1) is 39.3. The standard InChI is InChI=1S/C15H15ClFN3O3S2.C15H22ClNO2.C14H13NO7S.C11H11Cl2NO2/c1-23-13(21)8-24-12-7-11(10(17)6-9(12)16)18-14-19-4-2-3-5-20(19)15(22)25-14;1-5-13-8-6-7-11(2)15(13)17(14(18)9-16)12(3)10-19-4;1-23(21,22)8-5-6-9(10(7-8)15(19)20)14(18)13-11(16)3-2-4-12(13)17;1-7-6-16-9-5-3-2-4-8(9)14(7)11(15)10(12)13/h6-7H,2-5,8H2,1H3;6-8,12H,5,9-10H2,1-4H3;5-7,13H,2-4H2,1H3;2-5,7,10H,6H2,1H3/b18-14-;;;. The molecule has 1 saturated carbocycles. The fraction of sp³-hybridized carbons (Fsp3) is 0.418. The first-order valence-electron chi connectivity index (χ1n) is 25.7. The van der Waals surface area contributed by atoms with Crippen LogP contribution in [0, 0.1) is 28.8 Å². The monoisotopic (exact) mass is 1280 g/mol. The minimum Gasteiger partial charge on any atom is -0.489 e. The number of thioether (sulfide) groups is 1. The first-order valence-corrected chi connectivity index (χ1v) is 31.2. The predicted octanol–water partition coefficient (Wildman–Crippen LogP) is 9.68. The Hall–Kier alpha value is -5.99. The number of Topliss-reactive ketones (excluding diaryl/α,β-unsaturated/α-hetero) is 3. The minimum absolute atomic E-state index is 0.0223. The number of hydrogen-bond donors (Lipinski definition) is 0. The second kappa shape index (κ2) is 31.2. The Morgan fingerprint density at radius 1 is 0.976 bits per heavy atom. The number of aromatic nitrogens is 2. The second-order valence-electron chi connectivity index (χ2n) is 18.9. The van der Waals surface area contributed by atoms with Crippen molar-refractivity contribution < 1.29 is 60.7 Å². The summed E-state index contributed by atoms with van der Waals surface area (Å²) < 4.78 is 55.9. The number of ether oxygens (including phenoxy) is 3. The van der Waals surface area contributed by atoms with Gasteiger partial charge in [0.1, 0.15) is 35.7 Å². The fourth-order valence-corrected chi connectivity index (χ4v) is 11.9. The summed E-state index contributed by atoms with van der Waals surface area (Å²) in [6.45, 7) is 10.2. The lowest BCUT2D eigenvalue weighted by Crippen LogP contribution is -2.47. The molecule has 3 aliphatic rings. The van der Waals surface area contributed by atoms with Crippen LogP contribution in [0.25, 0.3) is 0 Å². The number of rotatable bonds is 15. The van der Waals surface area contributed by atoms with Crippen LogP contribution in [-0.2, 0) is 62.8 Å². The molecule has 2 amide bonds. The number of aryl methyl sites for hydroxylation is 2. The zero-order valence-electron chi connectivity index (χ0n) is 46.2. The molecule has 0 saturated heterocycles. The van der Waals surface area contributed by atoms with E-state index in [9.17, 15) is 56.5 Å². The average molecular weight is 1290 g/mol. The maximum absolute atomic E-state index is 14.3. The van der Waals surface area contributed by atoms with Crippen molar-refractivity contribution in [2.75, 3.05) is 55.1 Å². The van der Waals surface area contributed by atoms with Gasteiger partial charge in [0.25, 0.3) is 11.6 Å². The summed E-state index contributed by atoms with van der Waals surface area (Å²) in [7, 11) is -0.763. The molecule has 1 fully saturated rings. The number of para-hydroxylation sites is 3. The van der Waals surface area contributed by atoms with Crippen molar-refractivity contribution in [3.05, 3.63) is 125 Å². The molecule has 0 radical (unpaired) electrons. The van der Waals surface area contributed by atoms with Gasteiger partial charge >= 0.3 is 10.8 Å². The van der Waals surface area contributed by atoms with Crippen LogP contribution in [0.1, 0.15) is 74.4 Å². The molecule has 8 rings (SSSR count). The van der Waals surface area contributed by atoms with Crippen LogP contribution in [-0.4, -0.2) is 120 Å². The van der Waals surface area contributed by atoms with Gasteiger partial charge in [-0.15, -0.1) is 23.4 Å². The molecule has 0 spiro atoms. The van der Waals surface area contributed by atoms with E-state index in [-0.39, 0.29) is 68.9 Å². The molecule has 0 N–H and O–H groups in total. The Bertz CT molecular complexity index is 3470. The number of esters is 1. The Balaban J connectivity index is 0.000000205. The zero-order chi connectivity index (χ0) is 61.5. The van der Waals surface area contributed by atoms with Gasteiger partial charge in [0.05, 0.1) is 63.3 Å². The summed E-state index contributed by atoms with van der Waals surface area (Å²) in [6, 6.07) is 18.8. The lowest BCUT2D eigenvalue weighted by Gasteiger charge is -2.35. The number of fused-ring (bicyclic) bond motifs is 2. The van der Waals surface area contributed by atoms with Crippen molar-refractivity contribution in [1.82, 2.24) is 9.36 Å². The van der Waals surface area contributed by atoms with Gasteiger partial charge in [0, 0.05) is 50.3 Å². The van der Waals surface area contributed by atoms with Crippen LogP contribution in [0.5, 0.6) is 5.75 Å². The van der Waals surface area contributed by atoms with Crippen LogP contribution in [0.15, 0.2) is 92.4 Å². The predicted molar refractivity (Wildman–Crippen MR) is 318 cm³/mol. The number of benzene rings is 4. The Morgan fingerprint density at radius 3 is 2.24 bits per heavy atom. The highest BCUT2D eigenvalue weighted by Gasteiger charge is 2.39. The third-order valence-electron chi connectivity index (χ3n) is 12.9. The van der Waals surface area contributed by atoms with E-state index in [4.69, 9.17) is 55.9 Å². The Labute approximate surface area is 506 Å². The largest absolute Gasteiger partial charge is 0.489 e. The lowest BCUT2D eigenvalue weighted by atomic mass is 9.81. The van der Waals surface area contributed by atoms with E-state index < -0.39 is 65.9 Å². The number of sulfone groups is 1. The van der Waals surface area contributed by atoms with Gasteiger partial charge < -0.3 is 24.0 Å². The molecule has 1 aromatic heterocycles. The highest BCUT2D eigenvalue weighted by atomic mass is 35.5. The summed E-state index contributed by atoms with van der Waals surface area (Å²) in [5.41, 5.74) is 2.85. The highest BCUT2D eigenvalue weighted by Crippen LogP contribution is 2.36. The van der Waals surface area contributed by atoms with E-state index in [0.29, 0.717) is 48.2 Å². The molecule has 3 heterocycles. The maximum Gasteiger partial charge on any atom is 0.325 e. The third-order valence-corrected chi connectivity index (χ3v) is 17.0. The summed E-state index contributed by atoms with van der Waals surface area (Å²) in [5, 5.41) is 11.3. The Kier molecular flexibility index (Phi) is 25.5. The van der Waals surface area contributed by atoms with Gasteiger partial charge in [-0.3, -0.25) is 48.4 Å². The number of methoxy groups -OCH3 is 2. The Morgan fingerprint density at radius 2 is 1.64 bits per heavy atom. The molecule has 448 valence electrons. The summed E-state index contributed by atoms with van der Waals surface area (Å²) in [4.78, 5) is 101. The fourth-order valence-electron chi connectivity index (χ4n) is 8.95. The van der Waals surface area contributed by atoms with Crippen LogP contribution in [0.2, 0.25) is 5.02 Å². The topological polar surface area (TPSA) is 253 Å². The third kappa shape index (κ3) is 17.6. The van der Waals surface area contributed by atoms with Gasteiger partial charge in [-0.1, -0.05) is 72.1 Å². The highest BCUT2D eigenvalue weighted by molar-refractivity contribution is 8.00. The van der Waals surface area contributed by atoms with Crippen molar-refractivity contribution in [3.63, 3.8) is 0 Å². The molecule has 4 aromatic carbocycles. The van der Waals surface area contributed by atoms with E-state index in [2.05, 4.69) is 22.7 Å². The molecular weight excluding hydrogens is 1230 g/mol. The zero-order valence-corrected chi connectivity index (χ0v) is 51.7. The molecule has 2 unspecified atom stereocenters. The maximum atomic E-state index is 14.3. The van der Waals surface area contributed by atoms with E-state index in [1.807, 2.05) is 57.2 Å². The van der Waals surface area contributed by atoms with Gasteiger partial charge in [0.15, 0.2) is 32.0 Å². The number of halogens is 5. The first kappa shape index (κ1) is 67.8. The number of ketones is 3. The number of nitrogens with zero attached hydrogens (tertiary/aromatic N) is 6. The number of nitro benzene ring substituents is 1. The normalized spacial score (nSPS) is 15.4. The smallest absolute Gasteiger partial charge is 0.325 e. The van der Waals surface area contributed by atoms with Gasteiger partial charge in [-0.05, 0) is 105 Å². The molecule has 20 nitrogen and oxygen atoms in total. The molecule has 83 heavy (non-hydrogen) atoms. The number of anilines is 2. The second-order valence-corrected chi connectivity index (χ2v) is 24.6. The molecule has 0 bridgehead atoms. The van der Waals surface area contributed by atoms with Crippen molar-refractivity contribution in [3.8, 4) is 5.75 Å². The van der Waals surface area contributed by atoms with Gasteiger partial charge in [0.2, 0.25) is 10.7 Å².